The first-order valence-electron chi connectivity index (χ1n) is 12.4. The Balaban J connectivity index is 1.44. The lowest BCUT2D eigenvalue weighted by atomic mass is 9.67. The highest BCUT2D eigenvalue weighted by atomic mass is 19.1. The molecule has 0 N–H and O–H groups in total. The van der Waals surface area contributed by atoms with E-state index in [0.717, 1.165) is 51.4 Å². The van der Waals surface area contributed by atoms with Gasteiger partial charge in [0.05, 0.1) is 25.1 Å². The smallest absolute Gasteiger partial charge is 0.410 e. The van der Waals surface area contributed by atoms with Crippen molar-refractivity contribution in [2.75, 3.05) is 45.9 Å². The third-order valence-corrected chi connectivity index (χ3v) is 7.36. The van der Waals surface area contributed by atoms with Crippen LogP contribution in [0.2, 0.25) is 0 Å². The number of rotatable bonds is 3. The molecule has 1 aromatic heterocycles. The maximum absolute atomic E-state index is 13.5. The van der Waals surface area contributed by atoms with Gasteiger partial charge in [-0.3, -0.25) is 4.90 Å². The number of carbonyl (C=O) groups is 1. The van der Waals surface area contributed by atoms with E-state index < -0.39 is 5.60 Å². The van der Waals surface area contributed by atoms with E-state index in [1.54, 1.807) is 12.1 Å². The summed E-state index contributed by atoms with van der Waals surface area (Å²) in [6.45, 7) is 11.4. The minimum Gasteiger partial charge on any atom is -0.444 e. The van der Waals surface area contributed by atoms with Gasteiger partial charge in [-0.2, -0.15) is 5.10 Å². The first kappa shape index (κ1) is 23.3. The lowest BCUT2D eigenvalue weighted by Crippen LogP contribution is -2.51. The van der Waals surface area contributed by atoms with Gasteiger partial charge in [0.25, 0.3) is 0 Å². The quantitative estimate of drug-likeness (QED) is 0.682. The second kappa shape index (κ2) is 9.30. The van der Waals surface area contributed by atoms with Crippen LogP contribution in [0.1, 0.15) is 44.4 Å². The second-order valence-electron chi connectivity index (χ2n) is 10.8. The molecule has 34 heavy (non-hydrogen) atoms. The van der Waals surface area contributed by atoms with Gasteiger partial charge in [-0.25, -0.2) is 13.9 Å². The van der Waals surface area contributed by atoms with Crippen molar-refractivity contribution in [2.24, 2.45) is 11.8 Å². The molecule has 0 spiro atoms. The summed E-state index contributed by atoms with van der Waals surface area (Å²) in [5, 5.41) is 4.75. The summed E-state index contributed by atoms with van der Waals surface area (Å²) >= 11 is 0. The first-order valence-corrected chi connectivity index (χ1v) is 12.4. The average molecular weight is 471 g/mol. The van der Waals surface area contributed by atoms with Crippen LogP contribution in [0, 0.1) is 17.7 Å². The third kappa shape index (κ3) is 4.84. The van der Waals surface area contributed by atoms with Gasteiger partial charge < -0.3 is 14.4 Å². The van der Waals surface area contributed by atoms with Crippen LogP contribution < -0.4 is 0 Å². The summed E-state index contributed by atoms with van der Waals surface area (Å²) in [6, 6.07) is 6.55. The highest BCUT2D eigenvalue weighted by Gasteiger charge is 2.44. The summed E-state index contributed by atoms with van der Waals surface area (Å²) in [5.41, 5.74) is 2.86. The largest absolute Gasteiger partial charge is 0.444 e. The molecule has 3 aliphatic rings. The lowest BCUT2D eigenvalue weighted by molar-refractivity contribution is -0.000934. The van der Waals surface area contributed by atoms with Crippen molar-refractivity contribution >= 4 is 6.09 Å². The van der Waals surface area contributed by atoms with Gasteiger partial charge in [0.1, 0.15) is 11.4 Å². The Hall–Kier alpha value is -2.45. The van der Waals surface area contributed by atoms with Crippen molar-refractivity contribution in [3.05, 3.63) is 47.5 Å². The number of ether oxygens (including phenoxy) is 2. The fourth-order valence-corrected chi connectivity index (χ4v) is 5.71. The number of nitrogens with zero attached hydrogens (tertiary/aromatic N) is 4. The molecule has 2 saturated heterocycles. The predicted octanol–water partition coefficient (Wildman–Crippen LogP) is 3.86. The van der Waals surface area contributed by atoms with E-state index in [4.69, 9.17) is 14.6 Å². The van der Waals surface area contributed by atoms with E-state index in [9.17, 15) is 9.18 Å². The molecule has 0 saturated carbocycles. The van der Waals surface area contributed by atoms with Crippen molar-refractivity contribution in [2.45, 2.75) is 45.1 Å². The zero-order chi connectivity index (χ0) is 23.9. The Kier molecular flexibility index (Phi) is 6.37. The zero-order valence-electron chi connectivity index (χ0n) is 20.4. The number of hydrogen-bond donors (Lipinski definition) is 0. The van der Waals surface area contributed by atoms with Crippen LogP contribution in [0.5, 0.6) is 0 Å². The molecule has 1 aliphatic carbocycles. The van der Waals surface area contributed by atoms with Gasteiger partial charge in [0.2, 0.25) is 0 Å². The number of morpholine rings is 1. The van der Waals surface area contributed by atoms with Crippen LogP contribution in [0.15, 0.2) is 30.5 Å². The maximum Gasteiger partial charge on any atom is 0.410 e. The molecule has 2 fully saturated rings. The Labute approximate surface area is 200 Å². The molecule has 2 aromatic rings. The van der Waals surface area contributed by atoms with E-state index in [1.165, 1.54) is 23.4 Å². The Morgan fingerprint density at radius 2 is 1.91 bits per heavy atom. The van der Waals surface area contributed by atoms with Gasteiger partial charge in [-0.1, -0.05) is 0 Å². The molecule has 7 nitrogen and oxygen atoms in total. The van der Waals surface area contributed by atoms with Crippen molar-refractivity contribution in [1.82, 2.24) is 19.6 Å². The van der Waals surface area contributed by atoms with Crippen molar-refractivity contribution in [3.63, 3.8) is 0 Å². The second-order valence-corrected chi connectivity index (χ2v) is 10.8. The molecule has 3 atom stereocenters. The number of benzene rings is 1. The van der Waals surface area contributed by atoms with Crippen LogP contribution in [-0.4, -0.2) is 77.2 Å². The van der Waals surface area contributed by atoms with E-state index in [1.807, 2.05) is 36.5 Å². The lowest BCUT2D eigenvalue weighted by Gasteiger charge is -2.46. The SMILES string of the molecule is CC(C)(C)OC(=O)N1CC[C@H]2Cc3c(cnn3-c3ccc(F)cc3)[C@H](CN3CCOCC3)[C@H]2C1. The summed E-state index contributed by atoms with van der Waals surface area (Å²) in [4.78, 5) is 17.2. The van der Waals surface area contributed by atoms with Gasteiger partial charge in [-0.05, 0) is 75.3 Å². The summed E-state index contributed by atoms with van der Waals surface area (Å²) in [6.07, 6.45) is 3.63. The van der Waals surface area contributed by atoms with Crippen molar-refractivity contribution in [3.8, 4) is 5.69 Å². The van der Waals surface area contributed by atoms with E-state index in [0.29, 0.717) is 24.9 Å². The van der Waals surface area contributed by atoms with Gasteiger partial charge in [0, 0.05) is 44.3 Å². The van der Waals surface area contributed by atoms with E-state index in [2.05, 4.69) is 4.90 Å². The Morgan fingerprint density at radius 1 is 1.18 bits per heavy atom. The Bertz CT molecular complexity index is 1010. The van der Waals surface area contributed by atoms with Crippen LogP contribution in [0.3, 0.4) is 0 Å². The molecule has 8 heteroatoms. The topological polar surface area (TPSA) is 59.8 Å². The average Bonchev–Trinajstić information content (AvgIpc) is 3.22. The minimum atomic E-state index is -0.503. The van der Waals surface area contributed by atoms with Crippen LogP contribution >= 0.6 is 0 Å². The van der Waals surface area contributed by atoms with Gasteiger partial charge in [0.15, 0.2) is 0 Å². The van der Waals surface area contributed by atoms with Crippen LogP contribution in [0.4, 0.5) is 9.18 Å². The summed E-state index contributed by atoms with van der Waals surface area (Å²) in [7, 11) is 0. The minimum absolute atomic E-state index is 0.219. The number of aromatic nitrogens is 2. The standard InChI is InChI=1S/C26H35FN4O3/c1-26(2,3)34-25(32)30-9-8-18-14-24-21(15-28-31(24)20-6-4-19(27)5-7-20)23(22(18)17-30)16-29-10-12-33-13-11-29/h4-7,15,18,22-23H,8-14,16-17H2,1-3H3/t18-,22-,23-/m0/s1. The van der Waals surface area contributed by atoms with Crippen molar-refractivity contribution < 1.29 is 18.7 Å². The normalized spacial score (nSPS) is 25.5. The molecule has 0 unspecified atom stereocenters. The molecular formula is C26H35FN4O3. The zero-order valence-corrected chi connectivity index (χ0v) is 20.4. The van der Waals surface area contributed by atoms with Gasteiger partial charge in [-0.15, -0.1) is 0 Å². The number of fused-ring (bicyclic) bond motifs is 2. The highest BCUT2D eigenvalue weighted by Crippen LogP contribution is 2.45. The van der Waals surface area contributed by atoms with E-state index in [-0.39, 0.29) is 17.8 Å². The fraction of sp³-hybridized carbons (Fsp3) is 0.615. The molecule has 0 bridgehead atoms. The first-order chi connectivity index (χ1) is 16.3. The Morgan fingerprint density at radius 3 is 2.62 bits per heavy atom. The number of amides is 1. The number of likely N-dealkylation sites (tertiary alicyclic amines) is 1. The third-order valence-electron chi connectivity index (χ3n) is 7.36. The van der Waals surface area contributed by atoms with Gasteiger partial charge >= 0.3 is 6.09 Å². The molecule has 3 heterocycles. The predicted molar refractivity (Wildman–Crippen MR) is 127 cm³/mol. The molecule has 1 amide bonds. The number of piperidine rings is 1. The van der Waals surface area contributed by atoms with Crippen molar-refractivity contribution in [1.29, 1.82) is 0 Å². The number of hydrogen-bond acceptors (Lipinski definition) is 5. The maximum atomic E-state index is 13.5. The van der Waals surface area contributed by atoms with Crippen LogP contribution in [-0.2, 0) is 15.9 Å². The van der Waals surface area contributed by atoms with Crippen LogP contribution in [0.25, 0.3) is 5.69 Å². The monoisotopic (exact) mass is 470 g/mol. The summed E-state index contributed by atoms with van der Waals surface area (Å²) in [5.74, 6) is 0.839. The molecule has 2 aliphatic heterocycles. The molecule has 0 radical (unpaired) electrons. The molecule has 184 valence electrons. The van der Waals surface area contributed by atoms with E-state index >= 15 is 0 Å². The molecule has 5 rings (SSSR count). The molecular weight excluding hydrogens is 435 g/mol. The summed E-state index contributed by atoms with van der Waals surface area (Å²) < 4.78 is 26.8. The number of carbonyl (C=O) groups excluding carboxylic acids is 1. The highest BCUT2D eigenvalue weighted by molar-refractivity contribution is 5.68. The fourth-order valence-electron chi connectivity index (χ4n) is 5.71. The number of halogens is 1. The molecule has 1 aromatic carbocycles.